The van der Waals surface area contributed by atoms with E-state index in [0.29, 0.717) is 6.20 Å². The molecule has 78 valence electrons. The fourth-order valence-corrected chi connectivity index (χ4v) is 1.20. The number of nitrogens with zero attached hydrogens (tertiary/aromatic N) is 3. The van der Waals surface area contributed by atoms with Gasteiger partial charge in [-0.3, -0.25) is 10.1 Å². The molecule has 0 aliphatic carbocycles. The number of hydrogen-bond donors (Lipinski definition) is 0. The first-order valence-corrected chi connectivity index (χ1v) is 3.87. The Morgan fingerprint density at radius 2 is 2.27 bits per heavy atom. The maximum Gasteiger partial charge on any atom is 0.306 e. The topological polar surface area (TPSA) is 79.8 Å². The number of nitro groups is 1. The van der Waals surface area contributed by atoms with E-state index in [1.54, 1.807) is 0 Å². The number of halogens is 3. The minimum Gasteiger partial charge on any atom is -0.258 e. The molecule has 1 aromatic heterocycles. The lowest BCUT2D eigenvalue weighted by molar-refractivity contribution is -0.385. The van der Waals surface area contributed by atoms with Crippen LogP contribution in [0.2, 0.25) is 5.02 Å². The lowest BCUT2D eigenvalue weighted by Crippen LogP contribution is -2.00. The Morgan fingerprint density at radius 3 is 2.67 bits per heavy atom. The van der Waals surface area contributed by atoms with Crippen molar-refractivity contribution in [3.63, 3.8) is 0 Å². The molecule has 1 rings (SSSR count). The summed E-state index contributed by atoms with van der Waals surface area (Å²) in [4.78, 5) is 12.6. The SMILES string of the molecule is N#Cc1ncc([N+](=O)[O-])c(Cl)c1C(F)F. The minimum absolute atomic E-state index is 0.611. The molecule has 0 spiro atoms. The molecule has 0 unspecified atom stereocenters. The van der Waals surface area contributed by atoms with Crippen molar-refractivity contribution < 1.29 is 13.7 Å². The van der Waals surface area contributed by atoms with Gasteiger partial charge in [0.15, 0.2) is 5.69 Å². The smallest absolute Gasteiger partial charge is 0.258 e. The van der Waals surface area contributed by atoms with Gasteiger partial charge in [-0.15, -0.1) is 0 Å². The highest BCUT2D eigenvalue weighted by Gasteiger charge is 2.26. The van der Waals surface area contributed by atoms with Crippen molar-refractivity contribution in [3.8, 4) is 6.07 Å². The molecule has 0 bridgehead atoms. The Balaban J connectivity index is 3.51. The summed E-state index contributed by atoms with van der Waals surface area (Å²) in [5.41, 5.74) is -2.26. The van der Waals surface area contributed by atoms with Crippen molar-refractivity contribution in [1.82, 2.24) is 4.98 Å². The van der Waals surface area contributed by atoms with Crippen LogP contribution < -0.4 is 0 Å². The number of rotatable bonds is 2. The fourth-order valence-electron chi connectivity index (χ4n) is 0.909. The predicted octanol–water partition coefficient (Wildman–Crippen LogP) is 2.45. The Hall–Kier alpha value is -1.81. The van der Waals surface area contributed by atoms with Crippen LogP contribution in [0.1, 0.15) is 17.7 Å². The van der Waals surface area contributed by atoms with Gasteiger partial charge in [0.1, 0.15) is 17.3 Å². The molecule has 1 aromatic rings. The molecular formula is C7H2ClF2N3O2. The number of nitriles is 1. The van der Waals surface area contributed by atoms with Crippen LogP contribution in [-0.2, 0) is 0 Å². The molecule has 15 heavy (non-hydrogen) atoms. The highest BCUT2D eigenvalue weighted by Crippen LogP contribution is 2.35. The number of aromatic nitrogens is 1. The number of pyridine rings is 1. The van der Waals surface area contributed by atoms with Crippen molar-refractivity contribution >= 4 is 17.3 Å². The molecule has 0 aliphatic heterocycles. The van der Waals surface area contributed by atoms with Crippen LogP contribution >= 0.6 is 11.6 Å². The third-order valence-electron chi connectivity index (χ3n) is 1.55. The zero-order chi connectivity index (χ0) is 11.6. The van der Waals surface area contributed by atoms with Crippen molar-refractivity contribution in [2.75, 3.05) is 0 Å². The Bertz CT molecular complexity index is 458. The molecular weight excluding hydrogens is 232 g/mol. The van der Waals surface area contributed by atoms with Crippen LogP contribution in [-0.4, -0.2) is 9.91 Å². The van der Waals surface area contributed by atoms with Crippen LogP contribution in [0.4, 0.5) is 14.5 Å². The van der Waals surface area contributed by atoms with Gasteiger partial charge in [0.2, 0.25) is 0 Å². The molecule has 0 saturated heterocycles. The average Bonchev–Trinajstić information content (AvgIpc) is 2.15. The molecule has 0 aromatic carbocycles. The van der Waals surface area contributed by atoms with Gasteiger partial charge < -0.3 is 0 Å². The molecule has 8 heteroatoms. The van der Waals surface area contributed by atoms with Gasteiger partial charge in [-0.1, -0.05) is 11.6 Å². The van der Waals surface area contributed by atoms with Crippen LogP contribution in [0.5, 0.6) is 0 Å². The zero-order valence-electron chi connectivity index (χ0n) is 6.95. The zero-order valence-corrected chi connectivity index (χ0v) is 7.70. The summed E-state index contributed by atoms with van der Waals surface area (Å²) in [5, 5.41) is 18.0. The molecule has 1 heterocycles. The molecule has 0 fully saturated rings. The maximum absolute atomic E-state index is 12.4. The summed E-state index contributed by atoms with van der Waals surface area (Å²) in [6.45, 7) is 0. The van der Waals surface area contributed by atoms with Gasteiger partial charge in [-0.2, -0.15) is 5.26 Å². The summed E-state index contributed by atoms with van der Waals surface area (Å²) in [7, 11) is 0. The van der Waals surface area contributed by atoms with Crippen molar-refractivity contribution in [2.24, 2.45) is 0 Å². The molecule has 0 atom stereocenters. The van der Waals surface area contributed by atoms with Crippen molar-refractivity contribution in [2.45, 2.75) is 6.43 Å². The fraction of sp³-hybridized carbons (Fsp3) is 0.143. The van der Waals surface area contributed by atoms with Crippen molar-refractivity contribution in [1.29, 1.82) is 5.26 Å². The summed E-state index contributed by atoms with van der Waals surface area (Å²) in [6.07, 6.45) is -2.41. The average molecular weight is 234 g/mol. The van der Waals surface area contributed by atoms with E-state index in [2.05, 4.69) is 4.98 Å². The minimum atomic E-state index is -3.08. The maximum atomic E-state index is 12.4. The highest BCUT2D eigenvalue weighted by atomic mass is 35.5. The van der Waals surface area contributed by atoms with Gasteiger partial charge in [0.05, 0.1) is 10.5 Å². The van der Waals surface area contributed by atoms with Crippen molar-refractivity contribution in [3.05, 3.63) is 32.6 Å². The van der Waals surface area contributed by atoms with Gasteiger partial charge in [0.25, 0.3) is 6.43 Å². The molecule has 0 saturated carbocycles. The molecule has 0 aliphatic rings. The Morgan fingerprint density at radius 1 is 1.67 bits per heavy atom. The largest absolute Gasteiger partial charge is 0.306 e. The summed E-state index contributed by atoms with van der Waals surface area (Å²) in [5.74, 6) is 0. The summed E-state index contributed by atoms with van der Waals surface area (Å²) in [6, 6.07) is 1.39. The highest BCUT2D eigenvalue weighted by molar-refractivity contribution is 6.33. The molecule has 5 nitrogen and oxygen atoms in total. The molecule has 0 amide bonds. The first-order valence-electron chi connectivity index (χ1n) is 3.50. The first-order chi connectivity index (χ1) is 6.99. The van der Waals surface area contributed by atoms with Gasteiger partial charge >= 0.3 is 5.69 Å². The lowest BCUT2D eigenvalue weighted by Gasteiger charge is -2.04. The molecule has 0 N–H and O–H groups in total. The standard InChI is InChI=1S/C7H2ClF2N3O2/c8-6-4(13(14)15)2-12-3(1-11)5(6)7(9)10/h2,7H. The second kappa shape index (κ2) is 4.14. The lowest BCUT2D eigenvalue weighted by atomic mass is 10.2. The summed E-state index contributed by atoms with van der Waals surface area (Å²) < 4.78 is 24.8. The summed E-state index contributed by atoms with van der Waals surface area (Å²) >= 11 is 5.37. The van der Waals surface area contributed by atoms with Crippen LogP contribution in [0.3, 0.4) is 0 Å². The van der Waals surface area contributed by atoms with Crippen LogP contribution in [0, 0.1) is 21.4 Å². The van der Waals surface area contributed by atoms with Crippen LogP contribution in [0.25, 0.3) is 0 Å². The normalized spacial score (nSPS) is 10.1. The second-order valence-corrected chi connectivity index (χ2v) is 2.77. The van der Waals surface area contributed by atoms with E-state index in [9.17, 15) is 18.9 Å². The number of alkyl halides is 2. The second-order valence-electron chi connectivity index (χ2n) is 2.39. The Labute approximate surface area is 87.1 Å². The van der Waals surface area contributed by atoms with Crippen LogP contribution in [0.15, 0.2) is 6.20 Å². The quantitative estimate of drug-likeness (QED) is 0.580. The monoisotopic (exact) mass is 233 g/mol. The van der Waals surface area contributed by atoms with Gasteiger partial charge in [-0.05, 0) is 0 Å². The Kier molecular flexibility index (Phi) is 3.11. The van der Waals surface area contributed by atoms with E-state index in [4.69, 9.17) is 16.9 Å². The van der Waals surface area contributed by atoms with E-state index in [1.165, 1.54) is 6.07 Å². The van der Waals surface area contributed by atoms with E-state index < -0.39 is 33.3 Å². The van der Waals surface area contributed by atoms with E-state index in [0.717, 1.165) is 0 Å². The van der Waals surface area contributed by atoms with E-state index >= 15 is 0 Å². The third kappa shape index (κ3) is 1.99. The van der Waals surface area contributed by atoms with Gasteiger partial charge in [-0.25, -0.2) is 13.8 Å². The third-order valence-corrected chi connectivity index (χ3v) is 1.95. The number of hydrogen-bond acceptors (Lipinski definition) is 4. The van der Waals surface area contributed by atoms with E-state index in [1.807, 2.05) is 0 Å². The first kappa shape index (κ1) is 11.3. The molecule has 0 radical (unpaired) electrons. The van der Waals surface area contributed by atoms with E-state index in [-0.39, 0.29) is 0 Å². The predicted molar refractivity (Wildman–Crippen MR) is 45.6 cm³/mol. The van der Waals surface area contributed by atoms with Gasteiger partial charge in [0, 0.05) is 0 Å².